The fourth-order valence-electron chi connectivity index (χ4n) is 3.41. The number of pyridine rings is 1. The van der Waals surface area contributed by atoms with E-state index in [0.29, 0.717) is 15.8 Å². The van der Waals surface area contributed by atoms with Gasteiger partial charge in [0.05, 0.1) is 21.2 Å². The quantitative estimate of drug-likeness (QED) is 0.170. The third kappa shape index (κ3) is 5.16. The van der Waals surface area contributed by atoms with Gasteiger partial charge >= 0.3 is 0 Å². The summed E-state index contributed by atoms with van der Waals surface area (Å²) >= 11 is 1.31. The summed E-state index contributed by atoms with van der Waals surface area (Å²) < 4.78 is 5.66. The predicted molar refractivity (Wildman–Crippen MR) is 140 cm³/mol. The van der Waals surface area contributed by atoms with Crippen molar-refractivity contribution in [3.05, 3.63) is 124 Å². The van der Waals surface area contributed by atoms with E-state index < -0.39 is 4.92 Å². The van der Waals surface area contributed by atoms with Gasteiger partial charge in [0, 0.05) is 12.1 Å². The lowest BCUT2D eigenvalue weighted by molar-refractivity contribution is -0.385. The number of ether oxygens (including phenoxy) is 1. The summed E-state index contributed by atoms with van der Waals surface area (Å²) in [5.41, 5.74) is 2.20. The van der Waals surface area contributed by atoms with Crippen molar-refractivity contribution in [2.45, 2.75) is 0 Å². The van der Waals surface area contributed by atoms with Crippen molar-refractivity contribution >= 4 is 46.0 Å². The van der Waals surface area contributed by atoms with Gasteiger partial charge in [-0.25, -0.2) is 9.98 Å². The van der Waals surface area contributed by atoms with Crippen LogP contribution in [0.15, 0.2) is 113 Å². The maximum atomic E-state index is 13.4. The number of para-hydroxylation sites is 2. The van der Waals surface area contributed by atoms with E-state index in [2.05, 4.69) is 4.98 Å². The molecule has 3 aromatic carbocycles. The van der Waals surface area contributed by atoms with E-state index in [4.69, 9.17) is 9.73 Å². The lowest BCUT2D eigenvalue weighted by Crippen LogP contribution is -2.28. The molecule has 1 aliphatic rings. The Hall–Kier alpha value is -4.76. The van der Waals surface area contributed by atoms with Gasteiger partial charge in [-0.1, -0.05) is 48.5 Å². The zero-order valence-electron chi connectivity index (χ0n) is 18.7. The van der Waals surface area contributed by atoms with E-state index in [0.717, 1.165) is 23.1 Å². The predicted octanol–water partition coefficient (Wildman–Crippen LogP) is 6.59. The van der Waals surface area contributed by atoms with Crippen LogP contribution >= 0.6 is 11.8 Å². The molecule has 1 aromatic heterocycles. The Labute approximate surface area is 210 Å². The number of nitrogens with zero attached hydrogens (tertiary/aromatic N) is 4. The van der Waals surface area contributed by atoms with Crippen LogP contribution in [0.25, 0.3) is 6.08 Å². The molecule has 0 aliphatic carbocycles. The highest BCUT2D eigenvalue weighted by Gasteiger charge is 2.34. The highest BCUT2D eigenvalue weighted by molar-refractivity contribution is 8.19. The molecule has 1 fully saturated rings. The molecule has 8 nitrogen and oxygen atoms in total. The lowest BCUT2D eigenvalue weighted by Gasteiger charge is -2.15. The summed E-state index contributed by atoms with van der Waals surface area (Å²) in [7, 11) is 0. The van der Waals surface area contributed by atoms with Crippen LogP contribution in [0.3, 0.4) is 0 Å². The molecule has 0 N–H and O–H groups in total. The number of hydrogen-bond acceptors (Lipinski definition) is 7. The molecule has 1 aliphatic heterocycles. The molecular weight excluding hydrogens is 476 g/mol. The number of thioether (sulfide) groups is 1. The van der Waals surface area contributed by atoms with Crippen molar-refractivity contribution in [2.75, 3.05) is 4.90 Å². The molecule has 5 rings (SSSR count). The van der Waals surface area contributed by atoms with Gasteiger partial charge in [-0.05, 0) is 59.8 Å². The Balaban J connectivity index is 1.38. The molecule has 0 unspecified atom stereocenters. The highest BCUT2D eigenvalue weighted by atomic mass is 32.2. The molecule has 0 spiro atoms. The van der Waals surface area contributed by atoms with Gasteiger partial charge in [0.2, 0.25) is 5.88 Å². The topological polar surface area (TPSA) is 97.9 Å². The number of nitro groups is 1. The molecule has 0 bridgehead atoms. The van der Waals surface area contributed by atoms with Crippen LogP contribution in [0.2, 0.25) is 0 Å². The van der Waals surface area contributed by atoms with E-state index in [1.165, 1.54) is 23.9 Å². The maximum Gasteiger partial charge on any atom is 0.287 e. The van der Waals surface area contributed by atoms with Crippen LogP contribution in [-0.4, -0.2) is 21.0 Å². The summed E-state index contributed by atoms with van der Waals surface area (Å²) in [6, 6.07) is 28.8. The van der Waals surface area contributed by atoms with Gasteiger partial charge in [0.1, 0.15) is 11.9 Å². The Morgan fingerprint density at radius 3 is 2.25 bits per heavy atom. The average molecular weight is 495 g/mol. The smallest absolute Gasteiger partial charge is 0.287 e. The molecular formula is C27H18N4O4S. The Morgan fingerprint density at radius 1 is 0.917 bits per heavy atom. The summed E-state index contributed by atoms with van der Waals surface area (Å²) in [5.74, 6) is 0.603. The van der Waals surface area contributed by atoms with E-state index in [1.54, 1.807) is 17.0 Å². The largest absolute Gasteiger partial charge is 0.439 e. The number of aromatic nitrogens is 1. The maximum absolute atomic E-state index is 13.4. The molecule has 2 heterocycles. The molecule has 0 radical (unpaired) electrons. The van der Waals surface area contributed by atoms with Gasteiger partial charge in [-0.3, -0.25) is 19.8 Å². The molecule has 1 saturated heterocycles. The number of benzene rings is 3. The normalized spacial score (nSPS) is 15.4. The fraction of sp³-hybridized carbons (Fsp3) is 0. The SMILES string of the molecule is O=C1/C(=C/c2ccc(Oc3ccc([N+](=O)[O-])cn3)cc2)SC(=Nc2ccccc2)N1c1ccccc1. The van der Waals surface area contributed by atoms with Gasteiger partial charge in [0.15, 0.2) is 5.17 Å². The standard InChI is InChI=1S/C27H18N4O4S/c32-26-24(17-19-11-14-23(15-12-19)35-25-16-13-22(18-28-25)31(33)34)36-27(29-20-7-3-1-4-8-20)30(26)21-9-5-2-6-10-21/h1-18H/b24-17-,29-27?. The third-order valence-electron chi connectivity index (χ3n) is 5.13. The molecule has 9 heteroatoms. The molecule has 36 heavy (non-hydrogen) atoms. The first kappa shape index (κ1) is 23.0. The number of aliphatic imine (C=N–C) groups is 1. The van der Waals surface area contributed by atoms with Crippen LogP contribution < -0.4 is 9.64 Å². The van der Waals surface area contributed by atoms with Crippen molar-refractivity contribution in [1.29, 1.82) is 0 Å². The zero-order chi connectivity index (χ0) is 24.9. The second kappa shape index (κ2) is 10.2. The third-order valence-corrected chi connectivity index (χ3v) is 6.10. The second-order valence-electron chi connectivity index (χ2n) is 7.60. The van der Waals surface area contributed by atoms with E-state index >= 15 is 0 Å². The fourth-order valence-corrected chi connectivity index (χ4v) is 4.41. The molecule has 1 amide bonds. The number of carbonyl (C=O) groups excluding carboxylic acids is 1. The van der Waals surface area contributed by atoms with E-state index in [1.807, 2.05) is 78.9 Å². The van der Waals surface area contributed by atoms with E-state index in [-0.39, 0.29) is 17.5 Å². The number of amides is 1. The first-order valence-corrected chi connectivity index (χ1v) is 11.7. The summed E-state index contributed by atoms with van der Waals surface area (Å²) in [5, 5.41) is 11.3. The zero-order valence-corrected chi connectivity index (χ0v) is 19.5. The average Bonchev–Trinajstić information content (AvgIpc) is 3.20. The summed E-state index contributed by atoms with van der Waals surface area (Å²) in [4.78, 5) is 34.4. The Kier molecular flexibility index (Phi) is 6.55. The molecule has 176 valence electrons. The summed E-state index contributed by atoms with van der Waals surface area (Å²) in [6.07, 6.45) is 2.95. The molecule has 0 saturated carbocycles. The van der Waals surface area contributed by atoms with Crippen molar-refractivity contribution in [3.8, 4) is 11.6 Å². The number of carbonyl (C=O) groups is 1. The Morgan fingerprint density at radius 2 is 1.61 bits per heavy atom. The minimum atomic E-state index is -0.518. The number of amidine groups is 1. The number of hydrogen-bond donors (Lipinski definition) is 0. The number of anilines is 1. The molecule has 4 aromatic rings. The van der Waals surface area contributed by atoms with Crippen molar-refractivity contribution in [3.63, 3.8) is 0 Å². The van der Waals surface area contributed by atoms with Crippen LogP contribution in [0.5, 0.6) is 11.6 Å². The van der Waals surface area contributed by atoms with Crippen molar-refractivity contribution in [2.24, 2.45) is 4.99 Å². The van der Waals surface area contributed by atoms with Gasteiger partial charge in [0.25, 0.3) is 11.6 Å². The van der Waals surface area contributed by atoms with Gasteiger partial charge < -0.3 is 4.74 Å². The first-order valence-electron chi connectivity index (χ1n) is 10.9. The minimum Gasteiger partial charge on any atom is -0.439 e. The van der Waals surface area contributed by atoms with Crippen LogP contribution in [0.4, 0.5) is 17.1 Å². The highest BCUT2D eigenvalue weighted by Crippen LogP contribution is 2.37. The van der Waals surface area contributed by atoms with Crippen molar-refractivity contribution in [1.82, 2.24) is 4.98 Å². The first-order chi connectivity index (χ1) is 17.6. The van der Waals surface area contributed by atoms with Crippen LogP contribution in [0.1, 0.15) is 5.56 Å². The van der Waals surface area contributed by atoms with Crippen molar-refractivity contribution < 1.29 is 14.5 Å². The van der Waals surface area contributed by atoms with Gasteiger partial charge in [-0.15, -0.1) is 0 Å². The second-order valence-corrected chi connectivity index (χ2v) is 8.61. The lowest BCUT2D eigenvalue weighted by atomic mass is 10.2. The Bertz CT molecular complexity index is 1460. The van der Waals surface area contributed by atoms with Crippen LogP contribution in [0, 0.1) is 10.1 Å². The summed E-state index contributed by atoms with van der Waals surface area (Å²) in [6.45, 7) is 0. The monoisotopic (exact) mass is 494 g/mol. The number of rotatable bonds is 6. The van der Waals surface area contributed by atoms with Crippen LogP contribution in [-0.2, 0) is 4.79 Å². The molecule has 0 atom stereocenters. The van der Waals surface area contributed by atoms with Gasteiger partial charge in [-0.2, -0.15) is 0 Å². The minimum absolute atomic E-state index is 0.109. The van der Waals surface area contributed by atoms with E-state index in [9.17, 15) is 14.9 Å².